The minimum absolute atomic E-state index is 0.0448. The van der Waals surface area contributed by atoms with Crippen molar-refractivity contribution < 1.29 is 4.79 Å². The average molecular weight is 373 g/mol. The van der Waals surface area contributed by atoms with Crippen LogP contribution in [0.15, 0.2) is 17.2 Å². The molecule has 6 nitrogen and oxygen atoms in total. The molecule has 3 aliphatic rings. The van der Waals surface area contributed by atoms with E-state index in [9.17, 15) is 9.59 Å². The zero-order valence-electron chi connectivity index (χ0n) is 16.9. The molecule has 1 aromatic heterocycles. The van der Waals surface area contributed by atoms with Gasteiger partial charge < -0.3 is 4.90 Å². The Labute approximate surface area is 161 Å². The van der Waals surface area contributed by atoms with E-state index < -0.39 is 0 Å². The van der Waals surface area contributed by atoms with Gasteiger partial charge in [0.1, 0.15) is 0 Å². The molecular weight excluding hydrogens is 340 g/mol. The maximum absolute atomic E-state index is 12.6. The van der Waals surface area contributed by atoms with Crippen molar-refractivity contribution in [3.63, 3.8) is 0 Å². The predicted molar refractivity (Wildman–Crippen MR) is 105 cm³/mol. The van der Waals surface area contributed by atoms with Crippen LogP contribution in [-0.4, -0.2) is 57.0 Å². The Kier molecular flexibility index (Phi) is 4.87. The summed E-state index contributed by atoms with van der Waals surface area (Å²) in [5.74, 6) is 0.839. The molecule has 0 radical (unpaired) electrons. The van der Waals surface area contributed by atoms with Crippen molar-refractivity contribution in [2.45, 2.75) is 76.9 Å². The van der Waals surface area contributed by atoms with Crippen LogP contribution in [0.1, 0.15) is 58.6 Å². The Morgan fingerprint density at radius 2 is 1.74 bits per heavy atom. The highest BCUT2D eigenvalue weighted by atomic mass is 16.2. The van der Waals surface area contributed by atoms with Gasteiger partial charge in [0.05, 0.1) is 18.1 Å². The Hall–Kier alpha value is -1.69. The van der Waals surface area contributed by atoms with Crippen LogP contribution >= 0.6 is 0 Å². The lowest BCUT2D eigenvalue weighted by Crippen LogP contribution is -2.46. The number of piperidine rings is 1. The summed E-state index contributed by atoms with van der Waals surface area (Å²) >= 11 is 0. The molecule has 0 N–H and O–H groups in total. The summed E-state index contributed by atoms with van der Waals surface area (Å²) in [6, 6.07) is 2.32. The van der Waals surface area contributed by atoms with E-state index >= 15 is 0 Å². The smallest absolute Gasteiger partial charge is 0.253 e. The molecule has 1 unspecified atom stereocenters. The maximum Gasteiger partial charge on any atom is 0.253 e. The van der Waals surface area contributed by atoms with E-state index in [-0.39, 0.29) is 17.0 Å². The highest BCUT2D eigenvalue weighted by Gasteiger charge is 2.43. The number of likely N-dealkylation sites (tertiary alicyclic amines) is 2. The first-order chi connectivity index (χ1) is 12.8. The van der Waals surface area contributed by atoms with Gasteiger partial charge in [0, 0.05) is 30.6 Å². The first-order valence-electron chi connectivity index (χ1n) is 10.4. The van der Waals surface area contributed by atoms with E-state index in [1.807, 2.05) is 0 Å². The predicted octanol–water partition coefficient (Wildman–Crippen LogP) is 2.02. The Morgan fingerprint density at radius 3 is 2.33 bits per heavy atom. The standard InChI is InChI=1S/C21H32N4O2/c1-21(2,3)18-12-19(26)24(14-22-18)13-15-6-9-23(10-7-15)17-8-11-25(20(17)27)16-4-5-16/h12,14-17H,4-11,13H2,1-3H3. The van der Waals surface area contributed by atoms with Crippen LogP contribution in [0.4, 0.5) is 0 Å². The van der Waals surface area contributed by atoms with Crippen molar-refractivity contribution in [3.8, 4) is 0 Å². The molecule has 1 amide bonds. The molecule has 2 aliphatic heterocycles. The molecule has 6 heteroatoms. The minimum Gasteiger partial charge on any atom is -0.338 e. The molecule has 0 bridgehead atoms. The summed E-state index contributed by atoms with van der Waals surface area (Å²) in [5, 5.41) is 0. The molecule has 2 saturated heterocycles. The summed E-state index contributed by atoms with van der Waals surface area (Å²) in [6.45, 7) is 9.81. The van der Waals surface area contributed by atoms with Crippen LogP contribution in [0.2, 0.25) is 0 Å². The maximum atomic E-state index is 12.6. The van der Waals surface area contributed by atoms with Crippen molar-refractivity contribution in [1.82, 2.24) is 19.4 Å². The van der Waals surface area contributed by atoms with Gasteiger partial charge in [-0.3, -0.25) is 19.1 Å². The largest absolute Gasteiger partial charge is 0.338 e. The monoisotopic (exact) mass is 372 g/mol. The Morgan fingerprint density at radius 1 is 1.04 bits per heavy atom. The highest BCUT2D eigenvalue weighted by Crippen LogP contribution is 2.33. The fraction of sp³-hybridized carbons (Fsp3) is 0.762. The molecule has 3 fully saturated rings. The van der Waals surface area contributed by atoms with E-state index in [1.165, 1.54) is 12.8 Å². The summed E-state index contributed by atoms with van der Waals surface area (Å²) in [7, 11) is 0. The van der Waals surface area contributed by atoms with E-state index in [4.69, 9.17) is 0 Å². The van der Waals surface area contributed by atoms with Gasteiger partial charge in [0.2, 0.25) is 5.91 Å². The van der Waals surface area contributed by atoms with Crippen LogP contribution in [0, 0.1) is 5.92 Å². The average Bonchev–Trinajstić information content (AvgIpc) is 3.39. The van der Waals surface area contributed by atoms with E-state index in [2.05, 4.69) is 35.6 Å². The summed E-state index contributed by atoms with van der Waals surface area (Å²) < 4.78 is 1.76. The highest BCUT2D eigenvalue weighted by molar-refractivity contribution is 5.84. The molecular formula is C21H32N4O2. The molecule has 3 heterocycles. The van der Waals surface area contributed by atoms with Crippen molar-refractivity contribution in [1.29, 1.82) is 0 Å². The molecule has 1 atom stereocenters. The summed E-state index contributed by atoms with van der Waals surface area (Å²) in [4.78, 5) is 34.1. The zero-order valence-corrected chi connectivity index (χ0v) is 16.9. The number of carbonyl (C=O) groups excluding carboxylic acids is 1. The molecule has 1 saturated carbocycles. The van der Waals surface area contributed by atoms with Crippen molar-refractivity contribution in [2.75, 3.05) is 19.6 Å². The van der Waals surface area contributed by atoms with Gasteiger partial charge >= 0.3 is 0 Å². The molecule has 1 aromatic rings. The number of nitrogens with zero attached hydrogens (tertiary/aromatic N) is 4. The first-order valence-corrected chi connectivity index (χ1v) is 10.4. The Bertz CT molecular complexity index is 754. The minimum atomic E-state index is -0.105. The lowest BCUT2D eigenvalue weighted by atomic mass is 9.92. The molecule has 0 spiro atoms. The number of carbonyl (C=O) groups is 1. The lowest BCUT2D eigenvalue weighted by Gasteiger charge is -2.35. The summed E-state index contributed by atoms with van der Waals surface area (Å²) in [6.07, 6.45) is 7.16. The molecule has 4 rings (SSSR count). The lowest BCUT2D eigenvalue weighted by molar-refractivity contribution is -0.133. The van der Waals surface area contributed by atoms with Gasteiger partial charge in [-0.25, -0.2) is 4.98 Å². The number of hydrogen-bond donors (Lipinski definition) is 0. The number of amides is 1. The van der Waals surface area contributed by atoms with Gasteiger partial charge in [0.15, 0.2) is 0 Å². The third-order valence-electron chi connectivity index (χ3n) is 6.39. The van der Waals surface area contributed by atoms with Crippen LogP contribution < -0.4 is 5.56 Å². The van der Waals surface area contributed by atoms with Crippen molar-refractivity contribution in [2.24, 2.45) is 5.92 Å². The van der Waals surface area contributed by atoms with Gasteiger partial charge in [-0.05, 0) is 51.1 Å². The molecule has 148 valence electrons. The van der Waals surface area contributed by atoms with E-state index in [0.29, 0.717) is 17.9 Å². The molecule has 0 aromatic carbocycles. The molecule has 1 aliphatic carbocycles. The van der Waals surface area contributed by atoms with Gasteiger partial charge in [-0.1, -0.05) is 20.8 Å². The number of rotatable bonds is 4. The SMILES string of the molecule is CC(C)(C)c1cc(=O)n(CC2CCN(C3CCN(C4CC4)C3=O)CC2)cn1. The fourth-order valence-electron chi connectivity index (χ4n) is 4.47. The normalized spacial score (nSPS) is 25.4. The van der Waals surface area contributed by atoms with Crippen LogP contribution in [-0.2, 0) is 16.8 Å². The van der Waals surface area contributed by atoms with Gasteiger partial charge in [-0.15, -0.1) is 0 Å². The zero-order chi connectivity index (χ0) is 19.2. The quantitative estimate of drug-likeness (QED) is 0.811. The first kappa shape index (κ1) is 18.7. The fourth-order valence-corrected chi connectivity index (χ4v) is 4.47. The number of aromatic nitrogens is 2. The topological polar surface area (TPSA) is 58.4 Å². The van der Waals surface area contributed by atoms with Crippen LogP contribution in [0.5, 0.6) is 0 Å². The number of hydrogen-bond acceptors (Lipinski definition) is 4. The van der Waals surface area contributed by atoms with Crippen molar-refractivity contribution >= 4 is 5.91 Å². The van der Waals surface area contributed by atoms with Crippen LogP contribution in [0.25, 0.3) is 0 Å². The van der Waals surface area contributed by atoms with Crippen LogP contribution in [0.3, 0.4) is 0 Å². The van der Waals surface area contributed by atoms with E-state index in [0.717, 1.165) is 51.1 Å². The molecule has 27 heavy (non-hydrogen) atoms. The Balaban J connectivity index is 1.32. The second-order valence-corrected chi connectivity index (χ2v) is 9.56. The van der Waals surface area contributed by atoms with E-state index in [1.54, 1.807) is 17.0 Å². The third kappa shape index (κ3) is 3.96. The third-order valence-corrected chi connectivity index (χ3v) is 6.39. The summed E-state index contributed by atoms with van der Waals surface area (Å²) in [5.41, 5.74) is 0.785. The van der Waals surface area contributed by atoms with Crippen molar-refractivity contribution in [3.05, 3.63) is 28.4 Å². The second-order valence-electron chi connectivity index (χ2n) is 9.56. The second kappa shape index (κ2) is 7.04. The van der Waals surface area contributed by atoms with Gasteiger partial charge in [0.25, 0.3) is 5.56 Å². The van der Waals surface area contributed by atoms with Gasteiger partial charge in [-0.2, -0.15) is 0 Å².